The van der Waals surface area contributed by atoms with Gasteiger partial charge in [0.2, 0.25) is 0 Å². The zero-order valence-electron chi connectivity index (χ0n) is 13.4. The molecule has 0 aromatic heterocycles. The number of ether oxygens (including phenoxy) is 2. The molecule has 1 aliphatic rings. The summed E-state index contributed by atoms with van der Waals surface area (Å²) in [7, 11) is 0. The Morgan fingerprint density at radius 2 is 2.08 bits per heavy atom. The fraction of sp³-hybridized carbons (Fsp3) is 0.167. The fourth-order valence-electron chi connectivity index (χ4n) is 2.26. The Morgan fingerprint density at radius 1 is 1.32 bits per heavy atom. The number of anilines is 2. The van der Waals surface area contributed by atoms with Crippen LogP contribution in [0.4, 0.5) is 11.4 Å². The average Bonchev–Trinajstić information content (AvgIpc) is 2.61. The number of nitrogens with zero attached hydrogens (tertiary/aromatic N) is 1. The van der Waals surface area contributed by atoms with Crippen LogP contribution >= 0.6 is 0 Å². The third kappa shape index (κ3) is 3.87. The maximum Gasteiger partial charge on any atom is 0.265 e. The van der Waals surface area contributed by atoms with E-state index in [1.54, 1.807) is 49.4 Å². The van der Waals surface area contributed by atoms with E-state index in [1.165, 1.54) is 0 Å². The first-order valence-electron chi connectivity index (χ1n) is 7.59. The maximum atomic E-state index is 12.0. The van der Waals surface area contributed by atoms with Gasteiger partial charge >= 0.3 is 0 Å². The minimum Gasteiger partial charge on any atom is -0.484 e. The van der Waals surface area contributed by atoms with Crippen molar-refractivity contribution in [1.29, 1.82) is 5.26 Å². The van der Waals surface area contributed by atoms with Crippen LogP contribution in [0.5, 0.6) is 11.5 Å². The lowest BCUT2D eigenvalue weighted by molar-refractivity contribution is -0.122. The van der Waals surface area contributed by atoms with E-state index in [2.05, 4.69) is 10.6 Å². The van der Waals surface area contributed by atoms with Crippen LogP contribution in [0.25, 0.3) is 0 Å². The molecule has 0 fully saturated rings. The van der Waals surface area contributed by atoms with Crippen molar-refractivity contribution in [3.8, 4) is 17.6 Å². The van der Waals surface area contributed by atoms with Gasteiger partial charge in [-0.3, -0.25) is 9.59 Å². The summed E-state index contributed by atoms with van der Waals surface area (Å²) in [4.78, 5) is 23.6. The minimum atomic E-state index is -0.547. The van der Waals surface area contributed by atoms with Crippen molar-refractivity contribution in [2.45, 2.75) is 13.0 Å². The third-order valence-electron chi connectivity index (χ3n) is 3.55. The molecule has 0 saturated carbocycles. The Morgan fingerprint density at radius 3 is 2.80 bits per heavy atom. The van der Waals surface area contributed by atoms with Gasteiger partial charge < -0.3 is 20.1 Å². The summed E-state index contributed by atoms with van der Waals surface area (Å²) >= 11 is 0. The van der Waals surface area contributed by atoms with Gasteiger partial charge in [-0.15, -0.1) is 0 Å². The molecule has 0 aliphatic carbocycles. The van der Waals surface area contributed by atoms with Crippen LogP contribution in [-0.4, -0.2) is 24.5 Å². The molecule has 1 aliphatic heterocycles. The molecule has 2 N–H and O–H groups in total. The Labute approximate surface area is 144 Å². The zero-order valence-corrected chi connectivity index (χ0v) is 13.4. The van der Waals surface area contributed by atoms with E-state index in [0.29, 0.717) is 28.4 Å². The van der Waals surface area contributed by atoms with E-state index in [4.69, 9.17) is 14.7 Å². The molecule has 0 spiro atoms. The molecular formula is C18H15N3O4. The fourth-order valence-corrected chi connectivity index (χ4v) is 2.26. The third-order valence-corrected chi connectivity index (χ3v) is 3.55. The number of hydrogen-bond donors (Lipinski definition) is 2. The molecule has 2 amide bonds. The maximum absolute atomic E-state index is 12.0. The summed E-state index contributed by atoms with van der Waals surface area (Å²) in [6.45, 7) is 1.48. The van der Waals surface area contributed by atoms with Gasteiger partial charge in [-0.25, -0.2) is 0 Å². The SMILES string of the molecule is C[C@@H]1Oc2ccc(NC(=O)COc3ccc(C#N)cc3)cc2NC1=O. The van der Waals surface area contributed by atoms with Crippen molar-refractivity contribution < 1.29 is 19.1 Å². The first kappa shape index (κ1) is 16.3. The van der Waals surface area contributed by atoms with Gasteiger partial charge in [0.05, 0.1) is 17.3 Å². The number of rotatable bonds is 4. The number of nitrogens with one attached hydrogen (secondary N) is 2. The quantitative estimate of drug-likeness (QED) is 0.891. The van der Waals surface area contributed by atoms with Crippen LogP contribution in [0.3, 0.4) is 0 Å². The summed E-state index contributed by atoms with van der Waals surface area (Å²) in [6.07, 6.45) is -0.547. The number of amides is 2. The van der Waals surface area contributed by atoms with Crippen molar-refractivity contribution >= 4 is 23.2 Å². The number of fused-ring (bicyclic) bond motifs is 1. The van der Waals surface area contributed by atoms with E-state index in [0.717, 1.165) is 0 Å². The van der Waals surface area contributed by atoms with Crippen molar-refractivity contribution in [1.82, 2.24) is 0 Å². The van der Waals surface area contributed by atoms with Crippen molar-refractivity contribution in [2.75, 3.05) is 17.2 Å². The largest absolute Gasteiger partial charge is 0.484 e. The Hall–Kier alpha value is -3.53. The molecule has 7 heteroatoms. The Bertz CT molecular complexity index is 856. The second kappa shape index (κ2) is 6.93. The van der Waals surface area contributed by atoms with E-state index < -0.39 is 6.10 Å². The van der Waals surface area contributed by atoms with Crippen LogP contribution in [0, 0.1) is 11.3 Å². The van der Waals surface area contributed by atoms with E-state index in [1.807, 2.05) is 6.07 Å². The summed E-state index contributed by atoms with van der Waals surface area (Å²) in [5, 5.41) is 14.1. The highest BCUT2D eigenvalue weighted by Gasteiger charge is 2.23. The summed E-state index contributed by atoms with van der Waals surface area (Å²) in [6, 6.07) is 13.5. The standard InChI is InChI=1S/C18H15N3O4/c1-11-18(23)21-15-8-13(4-7-16(15)25-11)20-17(22)10-24-14-5-2-12(9-19)3-6-14/h2-8,11H,10H2,1H3,(H,20,22)(H,21,23)/t11-/m0/s1. The van der Waals surface area contributed by atoms with Gasteiger partial charge in [-0.05, 0) is 49.4 Å². The molecule has 0 unspecified atom stereocenters. The smallest absolute Gasteiger partial charge is 0.265 e. The first-order chi connectivity index (χ1) is 12.0. The van der Waals surface area contributed by atoms with Crippen LogP contribution in [0.15, 0.2) is 42.5 Å². The molecule has 2 aromatic carbocycles. The molecule has 1 heterocycles. The minimum absolute atomic E-state index is 0.178. The lowest BCUT2D eigenvalue weighted by Gasteiger charge is -2.23. The summed E-state index contributed by atoms with van der Waals surface area (Å²) < 4.78 is 10.8. The second-order valence-electron chi connectivity index (χ2n) is 5.43. The van der Waals surface area contributed by atoms with Crippen LogP contribution in [0.2, 0.25) is 0 Å². The number of nitriles is 1. The lowest BCUT2D eigenvalue weighted by Crippen LogP contribution is -2.34. The highest BCUT2D eigenvalue weighted by Crippen LogP contribution is 2.32. The Balaban J connectivity index is 1.58. The highest BCUT2D eigenvalue weighted by atomic mass is 16.5. The molecule has 0 saturated heterocycles. The van der Waals surface area contributed by atoms with Gasteiger partial charge in [0.15, 0.2) is 12.7 Å². The van der Waals surface area contributed by atoms with Crippen molar-refractivity contribution in [2.24, 2.45) is 0 Å². The molecule has 0 bridgehead atoms. The Kier molecular flexibility index (Phi) is 4.53. The highest BCUT2D eigenvalue weighted by molar-refractivity contribution is 5.99. The number of carbonyl (C=O) groups is 2. The van der Waals surface area contributed by atoms with Gasteiger partial charge in [0.25, 0.3) is 11.8 Å². The topological polar surface area (TPSA) is 100 Å². The molecule has 0 radical (unpaired) electrons. The van der Waals surface area contributed by atoms with Crippen molar-refractivity contribution in [3.05, 3.63) is 48.0 Å². The van der Waals surface area contributed by atoms with Crippen LogP contribution in [-0.2, 0) is 9.59 Å². The summed E-state index contributed by atoms with van der Waals surface area (Å²) in [5.41, 5.74) is 1.55. The van der Waals surface area contributed by atoms with Crippen LogP contribution < -0.4 is 20.1 Å². The normalized spacial score (nSPS) is 15.2. The number of hydrogen-bond acceptors (Lipinski definition) is 5. The predicted molar refractivity (Wildman–Crippen MR) is 90.4 cm³/mol. The van der Waals surface area contributed by atoms with Crippen molar-refractivity contribution in [3.63, 3.8) is 0 Å². The molecule has 2 aromatic rings. The molecule has 3 rings (SSSR count). The lowest BCUT2D eigenvalue weighted by atomic mass is 10.2. The first-order valence-corrected chi connectivity index (χ1v) is 7.59. The van der Waals surface area contributed by atoms with Gasteiger partial charge in [-0.1, -0.05) is 0 Å². The molecule has 126 valence electrons. The zero-order chi connectivity index (χ0) is 17.8. The molecule has 25 heavy (non-hydrogen) atoms. The number of benzene rings is 2. The summed E-state index contributed by atoms with van der Waals surface area (Å²) in [5.74, 6) is 0.467. The molecular weight excluding hydrogens is 322 g/mol. The average molecular weight is 337 g/mol. The molecule has 1 atom stereocenters. The number of carbonyl (C=O) groups excluding carboxylic acids is 2. The van der Waals surface area contributed by atoms with E-state index in [9.17, 15) is 9.59 Å². The van der Waals surface area contributed by atoms with E-state index >= 15 is 0 Å². The van der Waals surface area contributed by atoms with Gasteiger partial charge in [0, 0.05) is 5.69 Å². The van der Waals surface area contributed by atoms with Gasteiger partial charge in [0.1, 0.15) is 11.5 Å². The van der Waals surface area contributed by atoms with Crippen LogP contribution in [0.1, 0.15) is 12.5 Å². The van der Waals surface area contributed by atoms with Gasteiger partial charge in [-0.2, -0.15) is 5.26 Å². The monoisotopic (exact) mass is 337 g/mol. The van der Waals surface area contributed by atoms with E-state index in [-0.39, 0.29) is 18.4 Å². The second-order valence-corrected chi connectivity index (χ2v) is 5.43. The molecule has 7 nitrogen and oxygen atoms in total. The predicted octanol–water partition coefficient (Wildman–Crippen LogP) is 2.30.